The molecular formula is C45H39N3O2. The van der Waals surface area contributed by atoms with Crippen molar-refractivity contribution in [2.24, 2.45) is 0 Å². The number of nitrogens with zero attached hydrogens (tertiary/aromatic N) is 3. The number of benzene rings is 5. The molecular weight excluding hydrogens is 615 g/mol. The normalized spacial score (nSPS) is 11.9. The summed E-state index contributed by atoms with van der Waals surface area (Å²) in [5.74, 6) is 1.99. The third kappa shape index (κ3) is 5.45. The summed E-state index contributed by atoms with van der Waals surface area (Å²) in [5, 5.41) is 14.1. The maximum Gasteiger partial charge on any atom is 0.219 e. The number of hydrogen-bond donors (Lipinski definition) is 1. The van der Waals surface area contributed by atoms with Crippen molar-refractivity contribution < 1.29 is 9.84 Å². The molecule has 50 heavy (non-hydrogen) atoms. The number of hydrogen-bond acceptors (Lipinski definition) is 4. The predicted octanol–water partition coefficient (Wildman–Crippen LogP) is 11.8. The SMILES string of the molecule is Cc1cc(C)c(-c2ccc(O)c3nc(Oc4ccc5c6cc(C(C)(C)C)ccc6n(-c6cc(-c7ccccc7)ccn6)c5c4)ccc23)c(C)c1. The molecule has 0 saturated heterocycles. The molecule has 5 aromatic carbocycles. The lowest BCUT2D eigenvalue weighted by molar-refractivity contribution is 0.460. The molecule has 0 amide bonds. The van der Waals surface area contributed by atoms with Gasteiger partial charge >= 0.3 is 0 Å². The number of aromatic hydroxyl groups is 1. The van der Waals surface area contributed by atoms with Crippen LogP contribution in [0.25, 0.3) is 60.8 Å². The summed E-state index contributed by atoms with van der Waals surface area (Å²) in [5.41, 5.74) is 11.9. The lowest BCUT2D eigenvalue weighted by Crippen LogP contribution is -2.10. The van der Waals surface area contributed by atoms with Crippen LogP contribution >= 0.6 is 0 Å². The van der Waals surface area contributed by atoms with Gasteiger partial charge in [-0.05, 0) is 120 Å². The van der Waals surface area contributed by atoms with E-state index in [-0.39, 0.29) is 11.2 Å². The monoisotopic (exact) mass is 653 g/mol. The Labute approximate surface area is 292 Å². The lowest BCUT2D eigenvalue weighted by atomic mass is 9.86. The zero-order chi connectivity index (χ0) is 34.7. The molecule has 8 aromatic rings. The molecule has 8 rings (SSSR count). The van der Waals surface area contributed by atoms with Gasteiger partial charge in [0.1, 0.15) is 22.8 Å². The molecule has 5 heteroatoms. The third-order valence-corrected chi connectivity index (χ3v) is 9.66. The van der Waals surface area contributed by atoms with E-state index in [9.17, 15) is 5.11 Å². The number of rotatable bonds is 5. The van der Waals surface area contributed by atoms with Gasteiger partial charge in [-0.3, -0.25) is 4.57 Å². The lowest BCUT2D eigenvalue weighted by Gasteiger charge is -2.19. The van der Waals surface area contributed by atoms with Gasteiger partial charge in [0.05, 0.1) is 11.0 Å². The average Bonchev–Trinajstić information content (AvgIpc) is 3.42. The molecule has 0 bridgehead atoms. The number of pyridine rings is 2. The highest BCUT2D eigenvalue weighted by atomic mass is 16.5. The molecule has 5 nitrogen and oxygen atoms in total. The Kier molecular flexibility index (Phi) is 7.45. The van der Waals surface area contributed by atoms with E-state index in [4.69, 9.17) is 14.7 Å². The second-order valence-corrected chi connectivity index (χ2v) is 14.3. The van der Waals surface area contributed by atoms with Crippen molar-refractivity contribution in [3.63, 3.8) is 0 Å². The summed E-state index contributed by atoms with van der Waals surface area (Å²) in [4.78, 5) is 9.70. The highest BCUT2D eigenvalue weighted by Crippen LogP contribution is 2.40. The summed E-state index contributed by atoms with van der Waals surface area (Å²) < 4.78 is 8.68. The fraction of sp³-hybridized carbons (Fsp3) is 0.156. The summed E-state index contributed by atoms with van der Waals surface area (Å²) in [6, 6.07) is 39.4. The van der Waals surface area contributed by atoms with Crippen LogP contribution in [0.1, 0.15) is 43.0 Å². The maximum atomic E-state index is 11.0. The standard InChI is InChI=1S/C45H39N3O2/c1-27-22-28(2)43(29(3)23-27)35-15-18-40(49)44-36(35)16-19-42(47-44)50-33-13-14-34-37-25-32(45(4,5)6)12-17-38(37)48(39(34)26-33)41-24-31(20-21-46-41)30-10-8-7-9-11-30/h7-26,49H,1-6H3. The minimum absolute atomic E-state index is 0.00116. The van der Waals surface area contributed by atoms with Gasteiger partial charge in [0.15, 0.2) is 0 Å². The topological polar surface area (TPSA) is 60.2 Å². The molecule has 0 aliphatic carbocycles. The molecule has 0 atom stereocenters. The fourth-order valence-corrected chi connectivity index (χ4v) is 7.31. The first-order valence-corrected chi connectivity index (χ1v) is 17.0. The van der Waals surface area contributed by atoms with E-state index in [2.05, 4.69) is 119 Å². The van der Waals surface area contributed by atoms with E-state index >= 15 is 0 Å². The Morgan fingerprint density at radius 1 is 0.660 bits per heavy atom. The first-order valence-electron chi connectivity index (χ1n) is 17.0. The minimum atomic E-state index is 0.00116. The quantitative estimate of drug-likeness (QED) is 0.201. The van der Waals surface area contributed by atoms with Crippen molar-refractivity contribution in [2.45, 2.75) is 47.0 Å². The van der Waals surface area contributed by atoms with Crippen molar-refractivity contribution in [3.8, 4) is 45.5 Å². The van der Waals surface area contributed by atoms with Crippen LogP contribution in [0.3, 0.4) is 0 Å². The van der Waals surface area contributed by atoms with Crippen LogP contribution in [0.15, 0.2) is 121 Å². The molecule has 3 heterocycles. The number of aromatic nitrogens is 3. The summed E-state index contributed by atoms with van der Waals surface area (Å²) in [7, 11) is 0. The van der Waals surface area contributed by atoms with Crippen LogP contribution < -0.4 is 4.74 Å². The van der Waals surface area contributed by atoms with Crippen molar-refractivity contribution in [3.05, 3.63) is 144 Å². The van der Waals surface area contributed by atoms with Gasteiger partial charge in [-0.1, -0.05) is 74.9 Å². The number of ether oxygens (including phenoxy) is 1. The largest absolute Gasteiger partial charge is 0.506 e. The van der Waals surface area contributed by atoms with E-state index in [0.717, 1.165) is 55.3 Å². The van der Waals surface area contributed by atoms with Crippen molar-refractivity contribution in [1.29, 1.82) is 0 Å². The molecule has 0 radical (unpaired) electrons. The van der Waals surface area contributed by atoms with E-state index in [0.29, 0.717) is 17.1 Å². The number of phenols is 1. The van der Waals surface area contributed by atoms with E-state index < -0.39 is 0 Å². The molecule has 0 fully saturated rings. The van der Waals surface area contributed by atoms with E-state index in [1.807, 2.05) is 42.6 Å². The molecule has 246 valence electrons. The second kappa shape index (κ2) is 11.9. The first kappa shape index (κ1) is 31.3. The summed E-state index contributed by atoms with van der Waals surface area (Å²) in [6.45, 7) is 13.1. The van der Waals surface area contributed by atoms with Gasteiger partial charge in [-0.15, -0.1) is 0 Å². The average molecular weight is 654 g/mol. The molecule has 0 aliphatic heterocycles. The third-order valence-electron chi connectivity index (χ3n) is 9.66. The van der Waals surface area contributed by atoms with E-state index in [1.54, 1.807) is 6.07 Å². The van der Waals surface area contributed by atoms with Gasteiger partial charge in [-0.2, -0.15) is 0 Å². The smallest absolute Gasteiger partial charge is 0.219 e. The van der Waals surface area contributed by atoms with Gasteiger partial charge in [0.2, 0.25) is 5.88 Å². The Bertz CT molecular complexity index is 2570. The number of aryl methyl sites for hydroxylation is 3. The first-order chi connectivity index (χ1) is 24.0. The van der Waals surface area contributed by atoms with Gasteiger partial charge in [0, 0.05) is 34.5 Å². The van der Waals surface area contributed by atoms with Crippen molar-refractivity contribution >= 4 is 32.7 Å². The van der Waals surface area contributed by atoms with Crippen LogP contribution in [0, 0.1) is 20.8 Å². The predicted molar refractivity (Wildman–Crippen MR) is 206 cm³/mol. The summed E-state index contributed by atoms with van der Waals surface area (Å²) in [6.07, 6.45) is 1.87. The van der Waals surface area contributed by atoms with Crippen molar-refractivity contribution in [2.75, 3.05) is 0 Å². The van der Waals surface area contributed by atoms with E-state index in [1.165, 1.54) is 22.3 Å². The van der Waals surface area contributed by atoms with Crippen LogP contribution in [-0.4, -0.2) is 19.6 Å². The van der Waals surface area contributed by atoms with Crippen LogP contribution in [0.2, 0.25) is 0 Å². The molecule has 0 aliphatic rings. The minimum Gasteiger partial charge on any atom is -0.506 e. The maximum absolute atomic E-state index is 11.0. The summed E-state index contributed by atoms with van der Waals surface area (Å²) >= 11 is 0. The van der Waals surface area contributed by atoms with Gasteiger partial charge in [-0.25, -0.2) is 9.97 Å². The Morgan fingerprint density at radius 2 is 1.42 bits per heavy atom. The van der Waals surface area contributed by atoms with Crippen LogP contribution in [-0.2, 0) is 5.41 Å². The number of fused-ring (bicyclic) bond motifs is 4. The van der Waals surface area contributed by atoms with Crippen LogP contribution in [0.5, 0.6) is 17.4 Å². The molecule has 3 aromatic heterocycles. The Morgan fingerprint density at radius 3 is 2.18 bits per heavy atom. The highest BCUT2D eigenvalue weighted by molar-refractivity contribution is 6.10. The van der Waals surface area contributed by atoms with Crippen molar-refractivity contribution in [1.82, 2.24) is 14.5 Å². The molecule has 0 spiro atoms. The van der Waals surface area contributed by atoms with Crippen LogP contribution in [0.4, 0.5) is 0 Å². The van der Waals surface area contributed by atoms with Gasteiger partial charge < -0.3 is 9.84 Å². The second-order valence-electron chi connectivity index (χ2n) is 14.3. The highest BCUT2D eigenvalue weighted by Gasteiger charge is 2.20. The molecule has 0 saturated carbocycles. The Balaban J connectivity index is 1.26. The zero-order valence-corrected chi connectivity index (χ0v) is 29.2. The zero-order valence-electron chi connectivity index (χ0n) is 29.2. The van der Waals surface area contributed by atoms with Gasteiger partial charge in [0.25, 0.3) is 0 Å². The Hall–Kier alpha value is -5.94. The number of phenolic OH excluding ortho intramolecular Hbond substituents is 1. The molecule has 0 unspecified atom stereocenters. The fourth-order valence-electron chi connectivity index (χ4n) is 7.31. The molecule has 1 N–H and O–H groups in total.